The van der Waals surface area contributed by atoms with Gasteiger partial charge in [0.15, 0.2) is 10.5 Å². The van der Waals surface area contributed by atoms with Gasteiger partial charge in [-0.2, -0.15) is 5.10 Å². The lowest BCUT2D eigenvalue weighted by Crippen LogP contribution is -2.31. The molecule has 2 aliphatic rings. The van der Waals surface area contributed by atoms with Crippen molar-refractivity contribution in [2.24, 2.45) is 11.0 Å². The Labute approximate surface area is 217 Å². The maximum absolute atomic E-state index is 13.5. The van der Waals surface area contributed by atoms with Gasteiger partial charge in [-0.1, -0.05) is 23.5 Å². The summed E-state index contributed by atoms with van der Waals surface area (Å²) >= 11 is 2.86. The van der Waals surface area contributed by atoms with E-state index in [0.29, 0.717) is 28.9 Å². The molecule has 8 nitrogen and oxygen atoms in total. The van der Waals surface area contributed by atoms with Crippen LogP contribution in [0.2, 0.25) is 0 Å². The summed E-state index contributed by atoms with van der Waals surface area (Å²) in [5, 5.41) is 12.0. The average molecular weight is 520 g/mol. The Bertz CT molecular complexity index is 1450. The molecular formula is C26H25N5O3S2. The van der Waals surface area contributed by atoms with Crippen molar-refractivity contribution in [1.29, 1.82) is 0 Å². The highest BCUT2D eigenvalue weighted by molar-refractivity contribution is 8.14. The number of amidine groups is 1. The van der Waals surface area contributed by atoms with E-state index >= 15 is 0 Å². The number of aromatic nitrogens is 2. The third-order valence-corrected chi connectivity index (χ3v) is 7.64. The van der Waals surface area contributed by atoms with Crippen molar-refractivity contribution in [2.75, 3.05) is 14.2 Å². The summed E-state index contributed by atoms with van der Waals surface area (Å²) < 4.78 is 7.16. The zero-order chi connectivity index (χ0) is 25.2. The second kappa shape index (κ2) is 10.2. The molecule has 1 atom stereocenters. The third kappa shape index (κ3) is 5.32. The number of carbonyl (C=O) groups excluding carboxylic acids is 1. The van der Waals surface area contributed by atoms with Crippen molar-refractivity contribution in [3.05, 3.63) is 68.5 Å². The molecule has 1 unspecified atom stereocenters. The summed E-state index contributed by atoms with van der Waals surface area (Å²) in [6.45, 7) is 2.28. The van der Waals surface area contributed by atoms with Gasteiger partial charge in [-0.15, -0.1) is 11.3 Å². The zero-order valence-corrected chi connectivity index (χ0v) is 21.8. The first-order valence-electron chi connectivity index (χ1n) is 11.5. The van der Waals surface area contributed by atoms with Crippen molar-refractivity contribution in [1.82, 2.24) is 19.9 Å². The van der Waals surface area contributed by atoms with E-state index in [1.165, 1.54) is 29.2 Å². The fourth-order valence-corrected chi connectivity index (χ4v) is 5.25. The Morgan fingerprint density at radius 3 is 2.81 bits per heavy atom. The van der Waals surface area contributed by atoms with Crippen LogP contribution in [0.25, 0.3) is 11.1 Å². The van der Waals surface area contributed by atoms with Gasteiger partial charge in [-0.3, -0.25) is 19.9 Å². The molecule has 1 aliphatic heterocycles. The van der Waals surface area contributed by atoms with E-state index in [1.54, 1.807) is 29.1 Å². The lowest BCUT2D eigenvalue weighted by atomic mass is 9.98. The van der Waals surface area contributed by atoms with Crippen LogP contribution in [0.4, 0.5) is 0 Å². The van der Waals surface area contributed by atoms with Gasteiger partial charge in [0.1, 0.15) is 10.8 Å². The summed E-state index contributed by atoms with van der Waals surface area (Å²) in [4.78, 5) is 30.8. The molecular weight excluding hydrogens is 494 g/mol. The summed E-state index contributed by atoms with van der Waals surface area (Å²) in [5.41, 5.74) is 2.27. The predicted molar refractivity (Wildman–Crippen MR) is 143 cm³/mol. The number of aryl methyl sites for hydroxylation is 1. The number of nitrogens with one attached hydrogen (secondary N) is 1. The highest BCUT2D eigenvalue weighted by atomic mass is 32.2. The third-order valence-electron chi connectivity index (χ3n) is 5.82. The molecule has 36 heavy (non-hydrogen) atoms. The van der Waals surface area contributed by atoms with Crippen LogP contribution in [0.5, 0.6) is 5.75 Å². The molecule has 2 aromatic heterocycles. The molecule has 3 aromatic rings. The predicted octanol–water partition coefficient (Wildman–Crippen LogP) is 3.76. The second-order valence-corrected chi connectivity index (χ2v) is 10.7. The Morgan fingerprint density at radius 1 is 1.25 bits per heavy atom. The van der Waals surface area contributed by atoms with Gasteiger partial charge in [0, 0.05) is 47.9 Å². The van der Waals surface area contributed by atoms with Gasteiger partial charge >= 0.3 is 0 Å². The minimum atomic E-state index is -0.414. The molecule has 1 saturated carbocycles. The monoisotopic (exact) mass is 519 g/mol. The number of amides is 1. The van der Waals surface area contributed by atoms with Gasteiger partial charge in [0.05, 0.1) is 19.2 Å². The number of hydrogen-bond acceptors (Lipinski definition) is 8. The maximum atomic E-state index is 13.5. The van der Waals surface area contributed by atoms with E-state index in [-0.39, 0.29) is 16.5 Å². The smallest absolute Gasteiger partial charge is 0.258 e. The average Bonchev–Trinajstić information content (AvgIpc) is 3.42. The van der Waals surface area contributed by atoms with Crippen LogP contribution in [0.1, 0.15) is 33.8 Å². The van der Waals surface area contributed by atoms with E-state index in [4.69, 9.17) is 4.74 Å². The topological polar surface area (TPSA) is 88.8 Å². The molecule has 5 rings (SSSR count). The molecule has 184 valence electrons. The van der Waals surface area contributed by atoms with E-state index in [1.807, 2.05) is 37.6 Å². The van der Waals surface area contributed by atoms with Crippen LogP contribution in [0.15, 0.2) is 51.9 Å². The van der Waals surface area contributed by atoms with Gasteiger partial charge < -0.3 is 9.30 Å². The summed E-state index contributed by atoms with van der Waals surface area (Å²) in [6, 6.07) is 7.12. The number of nitrogens with zero attached hydrogens (tertiary/aromatic N) is 4. The molecule has 0 spiro atoms. The first-order chi connectivity index (χ1) is 17.4. The number of hydrogen-bond donors (Lipinski definition) is 1. The minimum absolute atomic E-state index is 0.150. The van der Waals surface area contributed by atoms with Crippen LogP contribution in [0, 0.1) is 24.7 Å². The van der Waals surface area contributed by atoms with Crippen LogP contribution in [-0.4, -0.2) is 45.2 Å². The molecule has 1 amide bonds. The standard InChI is InChI=1S/C26H25N5O3S2/c1-16-4-8-21(34-3)18(12-16)20-14-31(15-22-27-10-11-35-22)23(32)13-19(20)25(33)28-26-29-30(2)24(36-26)9-7-17-5-6-17/h4,8,10-14,17,24H,5-6,15H2,1-3H3,(H,28,29,33). The van der Waals surface area contributed by atoms with Crippen molar-refractivity contribution >= 4 is 34.2 Å². The zero-order valence-electron chi connectivity index (χ0n) is 20.1. The lowest BCUT2D eigenvalue weighted by molar-refractivity contribution is 0.0978. The van der Waals surface area contributed by atoms with Crippen molar-refractivity contribution in [3.63, 3.8) is 0 Å². The summed E-state index contributed by atoms with van der Waals surface area (Å²) in [6.07, 6.45) is 5.71. The first kappa shape index (κ1) is 24.2. The normalized spacial score (nSPS) is 16.8. The minimum Gasteiger partial charge on any atom is -0.496 e. The maximum Gasteiger partial charge on any atom is 0.258 e. The van der Waals surface area contributed by atoms with E-state index in [9.17, 15) is 9.59 Å². The molecule has 1 fully saturated rings. The number of hydrazone groups is 1. The number of thioether (sulfide) groups is 1. The number of ether oxygens (including phenoxy) is 1. The van der Waals surface area contributed by atoms with Crippen LogP contribution in [0.3, 0.4) is 0 Å². The van der Waals surface area contributed by atoms with Crippen LogP contribution < -0.4 is 15.6 Å². The molecule has 1 aromatic carbocycles. The molecule has 0 bridgehead atoms. The number of pyridine rings is 1. The number of carbonyl (C=O) groups is 1. The number of thiazole rings is 1. The Morgan fingerprint density at radius 2 is 2.08 bits per heavy atom. The molecule has 0 saturated heterocycles. The van der Waals surface area contributed by atoms with Crippen molar-refractivity contribution in [3.8, 4) is 28.7 Å². The fraction of sp³-hybridized carbons (Fsp3) is 0.308. The lowest BCUT2D eigenvalue weighted by Gasteiger charge is -2.16. The Balaban J connectivity index is 1.49. The van der Waals surface area contributed by atoms with Gasteiger partial charge in [-0.25, -0.2) is 4.98 Å². The van der Waals surface area contributed by atoms with E-state index < -0.39 is 5.91 Å². The van der Waals surface area contributed by atoms with Gasteiger partial charge in [-0.05, 0) is 43.7 Å². The van der Waals surface area contributed by atoms with E-state index in [2.05, 4.69) is 27.2 Å². The summed E-state index contributed by atoms with van der Waals surface area (Å²) in [7, 11) is 3.42. The molecule has 1 aliphatic carbocycles. The SMILES string of the molecule is COc1ccc(C)cc1-c1cn(Cc2nccs2)c(=O)cc1C(=O)NC1=NN(C)C(C#CC2CC2)S1. The van der Waals surface area contributed by atoms with Crippen LogP contribution in [-0.2, 0) is 6.54 Å². The Hall–Kier alpha value is -3.55. The molecule has 0 radical (unpaired) electrons. The number of methoxy groups -OCH3 is 1. The molecule has 1 N–H and O–H groups in total. The van der Waals surface area contributed by atoms with Crippen LogP contribution >= 0.6 is 23.1 Å². The van der Waals surface area contributed by atoms with Crippen molar-refractivity contribution in [2.45, 2.75) is 31.7 Å². The highest BCUT2D eigenvalue weighted by Gasteiger charge is 2.27. The second-order valence-electron chi connectivity index (χ2n) is 8.66. The number of benzene rings is 1. The highest BCUT2D eigenvalue weighted by Crippen LogP contribution is 2.33. The fourth-order valence-electron chi connectivity index (χ4n) is 3.77. The summed E-state index contributed by atoms with van der Waals surface area (Å²) in [5.74, 6) is 7.16. The quantitative estimate of drug-likeness (QED) is 0.517. The Kier molecular flexibility index (Phi) is 6.85. The number of rotatable bonds is 5. The first-order valence-corrected chi connectivity index (χ1v) is 13.3. The molecule has 10 heteroatoms. The van der Waals surface area contributed by atoms with Crippen molar-refractivity contribution < 1.29 is 9.53 Å². The molecule has 3 heterocycles. The largest absolute Gasteiger partial charge is 0.496 e. The van der Waals surface area contributed by atoms with Gasteiger partial charge in [0.25, 0.3) is 11.5 Å². The van der Waals surface area contributed by atoms with Gasteiger partial charge in [0.2, 0.25) is 0 Å². The van der Waals surface area contributed by atoms with E-state index in [0.717, 1.165) is 29.0 Å².